The number of imidazole rings is 1. The molecule has 0 spiro atoms. The fraction of sp³-hybridized carbons (Fsp3) is 0.618. The van der Waals surface area contributed by atoms with Gasteiger partial charge in [-0.25, -0.2) is 4.98 Å². The highest BCUT2D eigenvalue weighted by molar-refractivity contribution is 5.92. The van der Waals surface area contributed by atoms with E-state index in [1.54, 1.807) is 12.5 Å². The summed E-state index contributed by atoms with van der Waals surface area (Å²) in [6.07, 6.45) is 15.7. The molecule has 6 rings (SSSR count). The molecule has 2 saturated carbocycles. The van der Waals surface area contributed by atoms with Crippen LogP contribution in [0.5, 0.6) is 0 Å². The highest BCUT2D eigenvalue weighted by Gasteiger charge is 2.58. The van der Waals surface area contributed by atoms with Crippen LogP contribution in [0.15, 0.2) is 52.8 Å². The molecular formula is C34H45N3O2. The van der Waals surface area contributed by atoms with Gasteiger partial charge in [0.2, 0.25) is 0 Å². The second-order valence-corrected chi connectivity index (χ2v) is 13.6. The number of fused-ring (bicyclic) bond motifs is 6. The third-order valence-electron chi connectivity index (χ3n) is 10.8. The van der Waals surface area contributed by atoms with E-state index in [1.807, 2.05) is 0 Å². The smallest absolute Gasteiger partial charge is 0.302 e. The van der Waals surface area contributed by atoms with Crippen molar-refractivity contribution >= 4 is 28.9 Å². The Morgan fingerprint density at radius 1 is 1.15 bits per heavy atom. The van der Waals surface area contributed by atoms with E-state index in [-0.39, 0.29) is 22.9 Å². The zero-order chi connectivity index (χ0) is 27.4. The van der Waals surface area contributed by atoms with Gasteiger partial charge < -0.3 is 9.30 Å². The Kier molecular flexibility index (Phi) is 6.84. The van der Waals surface area contributed by atoms with Gasteiger partial charge in [-0.3, -0.25) is 9.79 Å². The van der Waals surface area contributed by atoms with Crippen LogP contribution in [0, 0.1) is 34.5 Å². The van der Waals surface area contributed by atoms with Crippen molar-refractivity contribution < 1.29 is 9.53 Å². The van der Waals surface area contributed by atoms with E-state index < -0.39 is 0 Å². The molecule has 1 aromatic carbocycles. The van der Waals surface area contributed by atoms with Gasteiger partial charge in [-0.15, -0.1) is 0 Å². The molecule has 6 atom stereocenters. The second-order valence-electron chi connectivity index (χ2n) is 13.6. The van der Waals surface area contributed by atoms with Crippen molar-refractivity contribution in [1.29, 1.82) is 0 Å². The number of aromatic nitrogens is 2. The molecule has 1 aromatic heterocycles. The molecule has 5 heteroatoms. The van der Waals surface area contributed by atoms with Gasteiger partial charge in [0, 0.05) is 37.2 Å². The molecule has 4 aliphatic rings. The summed E-state index contributed by atoms with van der Waals surface area (Å²) < 4.78 is 8.06. The lowest BCUT2D eigenvalue weighted by atomic mass is 9.47. The summed E-state index contributed by atoms with van der Waals surface area (Å²) in [5.41, 5.74) is 6.97. The second kappa shape index (κ2) is 10.1. The van der Waals surface area contributed by atoms with Crippen molar-refractivity contribution in [2.24, 2.45) is 39.5 Å². The Morgan fingerprint density at radius 3 is 2.74 bits per heavy atom. The summed E-state index contributed by atoms with van der Waals surface area (Å²) in [5.74, 6) is 2.46. The monoisotopic (exact) mass is 527 g/mol. The Labute approximate surface area is 233 Å². The van der Waals surface area contributed by atoms with Gasteiger partial charge in [-0.05, 0) is 91.7 Å². The highest BCUT2D eigenvalue weighted by Crippen LogP contribution is 2.66. The van der Waals surface area contributed by atoms with Gasteiger partial charge in [-0.2, -0.15) is 0 Å². The van der Waals surface area contributed by atoms with Crippen LogP contribution < -0.4 is 0 Å². The minimum atomic E-state index is -0.148. The lowest BCUT2D eigenvalue weighted by molar-refractivity contribution is -0.148. The molecule has 2 fully saturated rings. The zero-order valence-electron chi connectivity index (χ0n) is 24.5. The average Bonchev–Trinajstić information content (AvgIpc) is 3.44. The lowest BCUT2D eigenvalue weighted by Crippen LogP contribution is -2.50. The number of benzene rings is 1. The summed E-state index contributed by atoms with van der Waals surface area (Å²) in [5, 5.41) is 0. The van der Waals surface area contributed by atoms with Gasteiger partial charge >= 0.3 is 5.97 Å². The van der Waals surface area contributed by atoms with Crippen LogP contribution in [0.3, 0.4) is 0 Å². The zero-order valence-corrected chi connectivity index (χ0v) is 24.5. The van der Waals surface area contributed by atoms with Crippen molar-refractivity contribution in [3.05, 3.63) is 47.8 Å². The predicted octanol–water partition coefficient (Wildman–Crippen LogP) is 7.87. The molecule has 5 nitrogen and oxygen atoms in total. The molecule has 208 valence electrons. The van der Waals surface area contributed by atoms with E-state index >= 15 is 0 Å². The third-order valence-corrected chi connectivity index (χ3v) is 10.8. The molecule has 2 aromatic rings. The van der Waals surface area contributed by atoms with Crippen LogP contribution in [-0.4, -0.2) is 34.4 Å². The SMILES string of the molecule is CC(=O)OC1CC[C@@]2(C)C(=CC[C@@H]3[C@@H]2CC[C@]2(C)C(n4cnc5ccccc54)=C(C=NCCC(C)C)C[C@@H]32)C1. The largest absolute Gasteiger partial charge is 0.462 e. The van der Waals surface area contributed by atoms with Crippen molar-refractivity contribution in [2.75, 3.05) is 6.54 Å². The fourth-order valence-corrected chi connectivity index (χ4v) is 8.84. The molecule has 0 saturated heterocycles. The first-order valence-corrected chi connectivity index (χ1v) is 15.2. The number of allylic oxidation sites excluding steroid dienone is 3. The number of carbonyl (C=O) groups is 1. The number of para-hydroxylation sites is 2. The van der Waals surface area contributed by atoms with E-state index in [9.17, 15) is 4.79 Å². The van der Waals surface area contributed by atoms with Gasteiger partial charge in [-0.1, -0.05) is 51.5 Å². The lowest BCUT2D eigenvalue weighted by Gasteiger charge is -2.57. The summed E-state index contributed by atoms with van der Waals surface area (Å²) in [7, 11) is 0. The van der Waals surface area contributed by atoms with Crippen LogP contribution in [0.2, 0.25) is 0 Å². The van der Waals surface area contributed by atoms with Crippen molar-refractivity contribution in [3.63, 3.8) is 0 Å². The van der Waals surface area contributed by atoms with Crippen LogP contribution in [0.25, 0.3) is 16.7 Å². The van der Waals surface area contributed by atoms with Crippen molar-refractivity contribution in [3.8, 4) is 0 Å². The molecule has 0 bridgehead atoms. The molecule has 0 amide bonds. The van der Waals surface area contributed by atoms with E-state index in [1.165, 1.54) is 29.6 Å². The van der Waals surface area contributed by atoms with Crippen LogP contribution >= 0.6 is 0 Å². The number of esters is 1. The summed E-state index contributed by atoms with van der Waals surface area (Å²) in [6.45, 7) is 12.0. The molecule has 0 N–H and O–H groups in total. The normalized spacial score (nSPS) is 34.3. The van der Waals surface area contributed by atoms with Gasteiger partial charge in [0.15, 0.2) is 0 Å². The Bertz CT molecular complexity index is 1350. The van der Waals surface area contributed by atoms with Crippen LogP contribution in [0.4, 0.5) is 0 Å². The summed E-state index contributed by atoms with van der Waals surface area (Å²) >= 11 is 0. The highest BCUT2D eigenvalue weighted by atomic mass is 16.5. The van der Waals surface area contributed by atoms with E-state index in [4.69, 9.17) is 14.7 Å². The Balaban J connectivity index is 1.35. The standard InChI is InChI=1S/C34H45N3O2/c1-22(2)14-17-35-20-24-18-29-27-11-10-25-19-26(39-23(3)38)12-15-33(25,4)28(27)13-16-34(29,5)32(24)37-21-36-30-8-6-7-9-31(30)37/h6-10,20-22,26-29H,11-19H2,1-5H3/t26?,27-,28+,29+,33+,34+/m1/s1. The van der Waals surface area contributed by atoms with E-state index in [0.717, 1.165) is 50.6 Å². The van der Waals surface area contributed by atoms with E-state index in [0.29, 0.717) is 23.7 Å². The van der Waals surface area contributed by atoms with Gasteiger partial charge in [0.1, 0.15) is 12.4 Å². The molecule has 4 aliphatic carbocycles. The molecule has 39 heavy (non-hydrogen) atoms. The molecule has 1 heterocycles. The minimum Gasteiger partial charge on any atom is -0.462 e. The summed E-state index contributed by atoms with van der Waals surface area (Å²) in [6, 6.07) is 8.54. The maximum absolute atomic E-state index is 11.6. The van der Waals surface area contributed by atoms with E-state index in [2.05, 4.69) is 75.1 Å². The topological polar surface area (TPSA) is 56.5 Å². The van der Waals surface area contributed by atoms with Crippen LogP contribution in [-0.2, 0) is 9.53 Å². The molecule has 1 unspecified atom stereocenters. The number of ether oxygens (including phenoxy) is 1. The number of aliphatic imine (C=N–C) groups is 1. The first kappa shape index (κ1) is 26.5. The molecule has 0 radical (unpaired) electrons. The Hall–Kier alpha value is -2.69. The first-order chi connectivity index (χ1) is 18.7. The average molecular weight is 528 g/mol. The fourth-order valence-electron chi connectivity index (χ4n) is 8.84. The first-order valence-electron chi connectivity index (χ1n) is 15.2. The quantitative estimate of drug-likeness (QED) is 0.218. The maximum atomic E-state index is 11.6. The molecular weight excluding hydrogens is 482 g/mol. The minimum absolute atomic E-state index is 0.0511. The van der Waals surface area contributed by atoms with Crippen LogP contribution in [0.1, 0.15) is 86.0 Å². The number of hydrogen-bond donors (Lipinski definition) is 0. The third kappa shape index (κ3) is 4.50. The maximum Gasteiger partial charge on any atom is 0.302 e. The number of nitrogens with zero attached hydrogens (tertiary/aromatic N) is 3. The van der Waals surface area contributed by atoms with Gasteiger partial charge in [0.25, 0.3) is 0 Å². The van der Waals surface area contributed by atoms with Gasteiger partial charge in [0.05, 0.1) is 11.0 Å². The summed E-state index contributed by atoms with van der Waals surface area (Å²) in [4.78, 5) is 21.4. The predicted molar refractivity (Wildman–Crippen MR) is 158 cm³/mol. The molecule has 0 aliphatic heterocycles. The Morgan fingerprint density at radius 2 is 1.95 bits per heavy atom. The number of hydrogen-bond acceptors (Lipinski definition) is 4. The number of carbonyl (C=O) groups excluding carboxylic acids is 1. The number of rotatable bonds is 6. The van der Waals surface area contributed by atoms with Crippen molar-refractivity contribution in [1.82, 2.24) is 9.55 Å². The van der Waals surface area contributed by atoms with Crippen molar-refractivity contribution in [2.45, 2.75) is 92.1 Å².